The Morgan fingerprint density at radius 3 is 2.36 bits per heavy atom. The van der Waals surface area contributed by atoms with Crippen LogP contribution in [0.1, 0.15) is 32.3 Å². The van der Waals surface area contributed by atoms with Gasteiger partial charge in [-0.25, -0.2) is 12.7 Å². The number of hydrogen-bond acceptors (Lipinski definition) is 4. The summed E-state index contributed by atoms with van der Waals surface area (Å²) in [6.45, 7) is 4.71. The third kappa shape index (κ3) is 5.68. The average Bonchev–Trinajstić information content (AvgIpc) is 2.42. The maximum absolute atomic E-state index is 12.2. The highest BCUT2D eigenvalue weighted by Crippen LogP contribution is 2.18. The van der Waals surface area contributed by atoms with E-state index in [2.05, 4.69) is 17.4 Å². The second-order valence-electron chi connectivity index (χ2n) is 6.11. The van der Waals surface area contributed by atoms with Gasteiger partial charge >= 0.3 is 0 Å². The summed E-state index contributed by atoms with van der Waals surface area (Å²) in [4.78, 5) is 0. The third-order valence-corrected chi connectivity index (χ3v) is 5.70. The molecule has 0 bridgehead atoms. The van der Waals surface area contributed by atoms with E-state index in [1.807, 2.05) is 18.2 Å². The second kappa shape index (κ2) is 8.06. The zero-order valence-corrected chi connectivity index (χ0v) is 14.6. The van der Waals surface area contributed by atoms with E-state index in [0.717, 1.165) is 23.6 Å². The van der Waals surface area contributed by atoms with Gasteiger partial charge in [0.25, 0.3) is 0 Å². The van der Waals surface area contributed by atoms with Crippen LogP contribution < -0.4 is 5.32 Å². The summed E-state index contributed by atoms with van der Waals surface area (Å²) in [6.07, 6.45) is 2.58. The quantitative estimate of drug-likeness (QED) is 0.678. The lowest BCUT2D eigenvalue weighted by atomic mass is 10.1. The van der Waals surface area contributed by atoms with Crippen LogP contribution in [-0.2, 0) is 16.4 Å². The second-order valence-corrected chi connectivity index (χ2v) is 8.34. The smallest absolute Gasteiger partial charge is 0.232 e. The normalized spacial score (nSPS) is 14.3. The van der Waals surface area contributed by atoms with Crippen molar-refractivity contribution in [3.05, 3.63) is 42.4 Å². The van der Waals surface area contributed by atoms with Crippen LogP contribution in [0.15, 0.2) is 30.3 Å². The van der Waals surface area contributed by atoms with Crippen molar-refractivity contribution in [3.8, 4) is 0 Å². The predicted octanol–water partition coefficient (Wildman–Crippen LogP) is 1.75. The van der Waals surface area contributed by atoms with Crippen LogP contribution in [0.3, 0.4) is 0 Å². The molecule has 0 spiro atoms. The van der Waals surface area contributed by atoms with E-state index in [4.69, 9.17) is 0 Å². The molecular weight excluding hydrogens is 300 g/mol. The summed E-state index contributed by atoms with van der Waals surface area (Å²) in [5.41, 5.74) is -0.116. The van der Waals surface area contributed by atoms with Gasteiger partial charge < -0.3 is 5.11 Å². The maximum Gasteiger partial charge on any atom is 0.232 e. The molecule has 6 heteroatoms. The van der Waals surface area contributed by atoms with Crippen molar-refractivity contribution in [1.29, 1.82) is 0 Å². The van der Waals surface area contributed by atoms with Crippen LogP contribution in [0.5, 0.6) is 0 Å². The lowest BCUT2D eigenvalue weighted by Crippen LogP contribution is -2.54. The molecule has 2 N–H and O–H groups in total. The number of nitrogens with zero attached hydrogens (tertiary/aromatic N) is 1. The SMILES string of the molecule is CN(C)S(=O)(=O)[C@H](N[CH]CCCc1ccccc1)C(C)(C)O. The fourth-order valence-electron chi connectivity index (χ4n) is 2.11. The van der Waals surface area contributed by atoms with Gasteiger partial charge in [0.15, 0.2) is 5.37 Å². The number of aryl methyl sites for hydroxylation is 1. The zero-order valence-electron chi connectivity index (χ0n) is 13.8. The minimum Gasteiger partial charge on any atom is -0.388 e. The van der Waals surface area contributed by atoms with E-state index in [1.165, 1.54) is 33.5 Å². The molecule has 0 aliphatic rings. The van der Waals surface area contributed by atoms with Crippen molar-refractivity contribution < 1.29 is 13.5 Å². The highest BCUT2D eigenvalue weighted by molar-refractivity contribution is 7.89. The number of unbranched alkanes of at least 4 members (excludes halogenated alkanes) is 1. The van der Waals surface area contributed by atoms with Crippen LogP contribution in [-0.4, -0.2) is 42.9 Å². The monoisotopic (exact) mass is 327 g/mol. The van der Waals surface area contributed by atoms with Gasteiger partial charge in [-0.3, -0.25) is 5.32 Å². The van der Waals surface area contributed by atoms with E-state index in [0.29, 0.717) is 0 Å². The summed E-state index contributed by atoms with van der Waals surface area (Å²) >= 11 is 0. The van der Waals surface area contributed by atoms with Gasteiger partial charge in [0, 0.05) is 20.6 Å². The van der Waals surface area contributed by atoms with Crippen LogP contribution >= 0.6 is 0 Å². The van der Waals surface area contributed by atoms with E-state index >= 15 is 0 Å². The molecule has 0 unspecified atom stereocenters. The molecule has 0 aromatic heterocycles. The van der Waals surface area contributed by atoms with Crippen molar-refractivity contribution in [1.82, 2.24) is 9.62 Å². The van der Waals surface area contributed by atoms with Gasteiger partial charge in [0.05, 0.1) is 5.60 Å². The standard InChI is InChI=1S/C16H27N2O3S/c1-16(2,19)15(22(20,21)18(3)4)17-13-9-8-12-14-10-6-5-7-11-14/h5-7,10-11,13,15,17,19H,8-9,12H2,1-4H3/t15-/m0/s1. The summed E-state index contributed by atoms with van der Waals surface area (Å²) < 4.78 is 25.6. The van der Waals surface area contributed by atoms with Gasteiger partial charge in [-0.1, -0.05) is 30.3 Å². The molecule has 125 valence electrons. The zero-order chi connectivity index (χ0) is 16.8. The molecule has 0 heterocycles. The molecule has 1 aromatic rings. The lowest BCUT2D eigenvalue weighted by molar-refractivity contribution is 0.0657. The molecule has 22 heavy (non-hydrogen) atoms. The Morgan fingerprint density at radius 1 is 1.27 bits per heavy atom. The number of aliphatic hydroxyl groups is 1. The average molecular weight is 327 g/mol. The Kier molecular flexibility index (Phi) is 6.99. The topological polar surface area (TPSA) is 69.6 Å². The van der Waals surface area contributed by atoms with Crippen molar-refractivity contribution in [2.45, 2.75) is 44.1 Å². The number of hydrogen-bond donors (Lipinski definition) is 2. The molecule has 1 radical (unpaired) electrons. The van der Waals surface area contributed by atoms with Gasteiger partial charge in [-0.05, 0) is 38.7 Å². The fraction of sp³-hybridized carbons (Fsp3) is 0.562. The van der Waals surface area contributed by atoms with Crippen LogP contribution in [0.4, 0.5) is 0 Å². The molecule has 1 aromatic carbocycles. The summed E-state index contributed by atoms with van der Waals surface area (Å²) in [7, 11) is -0.668. The largest absolute Gasteiger partial charge is 0.388 e. The van der Waals surface area contributed by atoms with E-state index < -0.39 is 21.0 Å². The number of sulfonamides is 1. The first kappa shape index (κ1) is 19.1. The Hall–Kier alpha value is -0.950. The number of benzene rings is 1. The molecule has 0 aliphatic carbocycles. The first-order chi connectivity index (χ1) is 10.2. The highest BCUT2D eigenvalue weighted by atomic mass is 32.2. The molecular formula is C16H27N2O3S. The summed E-state index contributed by atoms with van der Waals surface area (Å²) in [5, 5.41) is 11.9. The minimum atomic E-state index is -3.60. The van der Waals surface area contributed by atoms with Crippen molar-refractivity contribution in [2.75, 3.05) is 14.1 Å². The summed E-state index contributed by atoms with van der Waals surface area (Å²) in [6, 6.07) is 10.1. The van der Waals surface area contributed by atoms with Gasteiger partial charge in [0.1, 0.15) is 0 Å². The van der Waals surface area contributed by atoms with Crippen LogP contribution in [0, 0.1) is 6.54 Å². The van der Waals surface area contributed by atoms with Gasteiger partial charge in [-0.15, -0.1) is 0 Å². The van der Waals surface area contributed by atoms with E-state index in [1.54, 1.807) is 6.54 Å². The highest BCUT2D eigenvalue weighted by Gasteiger charge is 2.39. The molecule has 0 amide bonds. The Labute approximate surface area is 134 Å². The lowest BCUT2D eigenvalue weighted by Gasteiger charge is -2.31. The molecule has 0 fully saturated rings. The summed E-state index contributed by atoms with van der Waals surface area (Å²) in [5.74, 6) is 0. The third-order valence-electron chi connectivity index (χ3n) is 3.37. The molecule has 0 aliphatic heterocycles. The molecule has 0 saturated heterocycles. The minimum absolute atomic E-state index is 0.727. The Balaban J connectivity index is 2.49. The fourth-order valence-corrected chi connectivity index (χ4v) is 3.53. The van der Waals surface area contributed by atoms with Crippen molar-refractivity contribution in [3.63, 3.8) is 0 Å². The van der Waals surface area contributed by atoms with E-state index in [9.17, 15) is 13.5 Å². The molecule has 0 saturated carbocycles. The molecule has 5 nitrogen and oxygen atoms in total. The molecule has 1 atom stereocenters. The van der Waals surface area contributed by atoms with Crippen molar-refractivity contribution in [2.24, 2.45) is 0 Å². The van der Waals surface area contributed by atoms with Gasteiger partial charge in [-0.2, -0.15) is 0 Å². The van der Waals surface area contributed by atoms with Gasteiger partial charge in [0.2, 0.25) is 10.0 Å². The Bertz CT molecular complexity index is 536. The van der Waals surface area contributed by atoms with Crippen LogP contribution in [0.25, 0.3) is 0 Å². The number of rotatable bonds is 9. The van der Waals surface area contributed by atoms with Crippen LogP contribution in [0.2, 0.25) is 0 Å². The Morgan fingerprint density at radius 2 is 1.86 bits per heavy atom. The number of nitrogens with one attached hydrogen (secondary N) is 1. The maximum atomic E-state index is 12.2. The first-order valence-electron chi connectivity index (χ1n) is 7.41. The first-order valence-corrected chi connectivity index (χ1v) is 8.91. The van der Waals surface area contributed by atoms with E-state index in [-0.39, 0.29) is 0 Å². The molecule has 1 rings (SSSR count). The predicted molar refractivity (Wildman–Crippen MR) is 89.5 cm³/mol. The van der Waals surface area contributed by atoms with Crippen molar-refractivity contribution >= 4 is 10.0 Å².